The molecule has 5 aliphatic carbocycles. The lowest BCUT2D eigenvalue weighted by Crippen LogP contribution is -2.62. The van der Waals surface area contributed by atoms with Gasteiger partial charge in [-0.25, -0.2) is 0 Å². The first-order chi connectivity index (χ1) is 14.5. The summed E-state index contributed by atoms with van der Waals surface area (Å²) < 4.78 is 0. The second-order valence-electron chi connectivity index (χ2n) is 13.9. The molecular formula is C29H46O2. The van der Waals surface area contributed by atoms with Gasteiger partial charge in [-0.15, -0.1) is 0 Å². The number of carboxylic acids is 1. The zero-order chi connectivity index (χ0) is 22.4. The molecule has 5 saturated carbocycles. The molecular weight excluding hydrogens is 380 g/mol. The van der Waals surface area contributed by atoms with E-state index in [9.17, 15) is 9.90 Å². The number of aliphatic carboxylic acids is 1. The van der Waals surface area contributed by atoms with Crippen LogP contribution in [0.25, 0.3) is 0 Å². The van der Waals surface area contributed by atoms with Crippen LogP contribution < -0.4 is 0 Å². The van der Waals surface area contributed by atoms with E-state index in [0.29, 0.717) is 39.9 Å². The quantitative estimate of drug-likeness (QED) is 0.459. The Morgan fingerprint density at radius 3 is 2.23 bits per heavy atom. The molecule has 2 nitrogen and oxygen atoms in total. The highest BCUT2D eigenvalue weighted by Crippen LogP contribution is 2.73. The fourth-order valence-corrected chi connectivity index (χ4v) is 11.3. The van der Waals surface area contributed by atoms with Crippen molar-refractivity contribution in [1.29, 1.82) is 0 Å². The van der Waals surface area contributed by atoms with Crippen LogP contribution in [0.3, 0.4) is 0 Å². The Balaban J connectivity index is 1.52. The zero-order valence-electron chi connectivity index (χ0n) is 20.8. The molecule has 31 heavy (non-hydrogen) atoms. The van der Waals surface area contributed by atoms with E-state index in [1.807, 2.05) is 0 Å². The van der Waals surface area contributed by atoms with Gasteiger partial charge in [0.25, 0.3) is 0 Å². The van der Waals surface area contributed by atoms with Gasteiger partial charge in [0.15, 0.2) is 0 Å². The van der Waals surface area contributed by atoms with Crippen molar-refractivity contribution in [3.8, 4) is 0 Å². The molecule has 5 fully saturated rings. The molecule has 0 aliphatic heterocycles. The summed E-state index contributed by atoms with van der Waals surface area (Å²) in [5.74, 6) is 3.23. The molecule has 0 heterocycles. The minimum Gasteiger partial charge on any atom is -0.481 e. The number of rotatable bonds is 2. The number of fused-ring (bicyclic) bond motifs is 7. The highest BCUT2D eigenvalue weighted by molar-refractivity contribution is 5.76. The monoisotopic (exact) mass is 426 g/mol. The van der Waals surface area contributed by atoms with Crippen molar-refractivity contribution in [2.75, 3.05) is 0 Å². The van der Waals surface area contributed by atoms with Crippen LogP contribution in [0.15, 0.2) is 12.2 Å². The standard InChI is InChI=1S/C29H46O2/c1-18(2)19-10-16-29(25(30)31)17-11-21-20(24(19)29)8-9-23-27(21,5)15-12-22-26(3,4)13-7-14-28(22,23)6/h19-24H,1,7-17H2,2-6H3,(H,30,31)/t19-,20-,21+,22-,23-,24+,27-,28-,29-/m0/s1. The number of carbonyl (C=O) groups is 1. The van der Waals surface area contributed by atoms with E-state index in [2.05, 4.69) is 41.2 Å². The van der Waals surface area contributed by atoms with E-state index < -0.39 is 11.4 Å². The molecule has 5 aliphatic rings. The van der Waals surface area contributed by atoms with Crippen molar-refractivity contribution in [2.24, 2.45) is 57.2 Å². The summed E-state index contributed by atoms with van der Waals surface area (Å²) in [6.07, 6.45) is 13.5. The molecule has 2 heteroatoms. The average molecular weight is 427 g/mol. The van der Waals surface area contributed by atoms with Gasteiger partial charge in [-0.3, -0.25) is 4.79 Å². The van der Waals surface area contributed by atoms with E-state index >= 15 is 0 Å². The van der Waals surface area contributed by atoms with Crippen molar-refractivity contribution in [3.63, 3.8) is 0 Å². The second kappa shape index (κ2) is 6.86. The first-order valence-corrected chi connectivity index (χ1v) is 13.4. The van der Waals surface area contributed by atoms with Gasteiger partial charge in [0.1, 0.15) is 0 Å². The molecule has 0 unspecified atom stereocenters. The topological polar surface area (TPSA) is 37.3 Å². The molecule has 0 aromatic carbocycles. The van der Waals surface area contributed by atoms with Crippen LogP contribution in [-0.2, 0) is 4.79 Å². The zero-order valence-corrected chi connectivity index (χ0v) is 20.8. The van der Waals surface area contributed by atoms with Gasteiger partial charge >= 0.3 is 5.97 Å². The lowest BCUT2D eigenvalue weighted by Gasteiger charge is -2.68. The van der Waals surface area contributed by atoms with Gasteiger partial charge in [0.05, 0.1) is 5.41 Å². The third-order valence-corrected chi connectivity index (χ3v) is 12.4. The van der Waals surface area contributed by atoms with Gasteiger partial charge in [-0.05, 0) is 123 Å². The second-order valence-corrected chi connectivity index (χ2v) is 13.9. The summed E-state index contributed by atoms with van der Waals surface area (Å²) in [6, 6.07) is 0. The lowest BCUT2D eigenvalue weighted by molar-refractivity contribution is -0.202. The van der Waals surface area contributed by atoms with E-state index in [1.165, 1.54) is 50.5 Å². The van der Waals surface area contributed by atoms with E-state index in [1.54, 1.807) is 0 Å². The Kier molecular flexibility index (Phi) is 4.87. The Bertz CT molecular complexity index is 782. The average Bonchev–Trinajstić information content (AvgIpc) is 3.08. The van der Waals surface area contributed by atoms with Gasteiger partial charge in [-0.2, -0.15) is 0 Å². The maximum absolute atomic E-state index is 12.6. The summed E-state index contributed by atoms with van der Waals surface area (Å²) >= 11 is 0. The van der Waals surface area contributed by atoms with E-state index in [0.717, 1.165) is 37.5 Å². The lowest BCUT2D eigenvalue weighted by atomic mass is 9.36. The Morgan fingerprint density at radius 2 is 1.55 bits per heavy atom. The first-order valence-electron chi connectivity index (χ1n) is 13.4. The number of hydrogen-bond donors (Lipinski definition) is 1. The Hall–Kier alpha value is -0.790. The number of carboxylic acid groups (broad SMARTS) is 1. The fraction of sp³-hybridized carbons (Fsp3) is 0.897. The summed E-state index contributed by atoms with van der Waals surface area (Å²) in [5.41, 5.74) is 2.12. The van der Waals surface area contributed by atoms with Crippen LogP contribution >= 0.6 is 0 Å². The van der Waals surface area contributed by atoms with Gasteiger partial charge in [0.2, 0.25) is 0 Å². The van der Waals surface area contributed by atoms with Crippen molar-refractivity contribution < 1.29 is 9.90 Å². The molecule has 9 atom stereocenters. The maximum atomic E-state index is 12.6. The van der Waals surface area contributed by atoms with Gasteiger partial charge in [-0.1, -0.05) is 46.3 Å². The molecule has 0 amide bonds. The molecule has 0 bridgehead atoms. The Morgan fingerprint density at radius 1 is 0.839 bits per heavy atom. The smallest absolute Gasteiger partial charge is 0.309 e. The van der Waals surface area contributed by atoms with E-state index in [4.69, 9.17) is 0 Å². The molecule has 0 saturated heterocycles. The molecule has 0 spiro atoms. The molecule has 1 N–H and O–H groups in total. The minimum absolute atomic E-state index is 0.326. The van der Waals surface area contributed by atoms with Crippen LogP contribution in [-0.4, -0.2) is 11.1 Å². The Labute approximate surface area is 190 Å². The van der Waals surface area contributed by atoms with Crippen molar-refractivity contribution >= 4 is 5.97 Å². The van der Waals surface area contributed by atoms with Crippen LogP contribution in [0, 0.1) is 57.2 Å². The molecule has 174 valence electrons. The number of allylic oxidation sites excluding steroid dienone is 1. The van der Waals surface area contributed by atoms with Gasteiger partial charge in [0, 0.05) is 0 Å². The molecule has 0 aromatic heterocycles. The van der Waals surface area contributed by atoms with Crippen molar-refractivity contribution in [1.82, 2.24) is 0 Å². The number of hydrogen-bond acceptors (Lipinski definition) is 1. The normalized spacial score (nSPS) is 52.9. The van der Waals surface area contributed by atoms with E-state index in [-0.39, 0.29) is 0 Å². The van der Waals surface area contributed by atoms with Crippen LogP contribution in [0.2, 0.25) is 0 Å². The highest BCUT2D eigenvalue weighted by Gasteiger charge is 2.67. The summed E-state index contributed by atoms with van der Waals surface area (Å²) in [6.45, 7) is 16.9. The SMILES string of the molecule is C=C(C)[C@@H]1CC[C@]2(C(=O)O)CC[C@@H]3[C@H](CC[C@H]4[C@@]3(C)CC[C@H]3C(C)(C)CCC[C@]43C)[C@@H]12. The fourth-order valence-electron chi connectivity index (χ4n) is 11.3. The first kappa shape index (κ1) is 22.0. The predicted molar refractivity (Wildman–Crippen MR) is 127 cm³/mol. The molecule has 5 rings (SSSR count). The summed E-state index contributed by atoms with van der Waals surface area (Å²) in [7, 11) is 0. The predicted octanol–water partition coefficient (Wildman–Crippen LogP) is 7.73. The highest BCUT2D eigenvalue weighted by atomic mass is 16.4. The van der Waals surface area contributed by atoms with Crippen molar-refractivity contribution in [3.05, 3.63) is 12.2 Å². The maximum Gasteiger partial charge on any atom is 0.309 e. The van der Waals surface area contributed by atoms with Crippen LogP contribution in [0.4, 0.5) is 0 Å². The third-order valence-electron chi connectivity index (χ3n) is 12.4. The molecule has 0 radical (unpaired) electrons. The summed E-state index contributed by atoms with van der Waals surface area (Å²) in [5, 5.41) is 10.4. The molecule has 0 aromatic rings. The van der Waals surface area contributed by atoms with Crippen LogP contribution in [0.1, 0.15) is 105 Å². The summed E-state index contributed by atoms with van der Waals surface area (Å²) in [4.78, 5) is 12.6. The third kappa shape index (κ3) is 2.78. The minimum atomic E-state index is -0.503. The van der Waals surface area contributed by atoms with Crippen molar-refractivity contribution in [2.45, 2.75) is 105 Å². The van der Waals surface area contributed by atoms with Crippen LogP contribution in [0.5, 0.6) is 0 Å². The largest absolute Gasteiger partial charge is 0.481 e. The van der Waals surface area contributed by atoms with Gasteiger partial charge < -0.3 is 5.11 Å².